The van der Waals surface area contributed by atoms with E-state index in [1.807, 2.05) is 31.3 Å². The van der Waals surface area contributed by atoms with E-state index >= 15 is 0 Å². The highest BCUT2D eigenvalue weighted by molar-refractivity contribution is 5.34. The Morgan fingerprint density at radius 3 is 2.50 bits per heavy atom. The molecule has 1 atom stereocenters. The molecule has 0 spiro atoms. The predicted molar refractivity (Wildman–Crippen MR) is 71.1 cm³/mol. The fourth-order valence-corrected chi connectivity index (χ4v) is 2.11. The van der Waals surface area contributed by atoms with Gasteiger partial charge in [-0.05, 0) is 48.9 Å². The van der Waals surface area contributed by atoms with Crippen LogP contribution < -0.4 is 5.32 Å². The zero-order valence-electron chi connectivity index (χ0n) is 10.7. The molecule has 94 valence electrons. The van der Waals surface area contributed by atoms with Crippen molar-refractivity contribution in [1.29, 1.82) is 0 Å². The maximum absolute atomic E-state index is 13.3. The first-order valence-electron chi connectivity index (χ1n) is 6.03. The monoisotopic (exact) mass is 244 g/mol. The number of hydrogen-bond donors (Lipinski definition) is 1. The second-order valence-electron chi connectivity index (χ2n) is 4.40. The molecule has 0 bridgehead atoms. The molecule has 0 saturated heterocycles. The number of aromatic nitrogens is 1. The lowest BCUT2D eigenvalue weighted by atomic mass is 9.91. The molecule has 0 saturated carbocycles. The van der Waals surface area contributed by atoms with E-state index in [-0.39, 0.29) is 11.7 Å². The highest BCUT2D eigenvalue weighted by atomic mass is 19.1. The predicted octanol–water partition coefficient (Wildman–Crippen LogP) is 2.88. The molecule has 0 aliphatic heterocycles. The van der Waals surface area contributed by atoms with Gasteiger partial charge in [0.15, 0.2) is 0 Å². The number of nitrogens with one attached hydrogen (secondary N) is 1. The molecule has 0 radical (unpaired) electrons. The van der Waals surface area contributed by atoms with Crippen molar-refractivity contribution in [3.63, 3.8) is 0 Å². The lowest BCUT2D eigenvalue weighted by molar-refractivity contribution is 0.615. The molecule has 1 aromatic heterocycles. The van der Waals surface area contributed by atoms with Crippen LogP contribution in [0.5, 0.6) is 0 Å². The van der Waals surface area contributed by atoms with E-state index in [1.54, 1.807) is 19.3 Å². The van der Waals surface area contributed by atoms with Crippen molar-refractivity contribution in [2.75, 3.05) is 13.6 Å². The Kier molecular flexibility index (Phi) is 4.05. The number of aryl methyl sites for hydroxylation is 1. The second kappa shape index (κ2) is 5.74. The average molecular weight is 244 g/mol. The number of halogens is 1. The van der Waals surface area contributed by atoms with Crippen LogP contribution in [0, 0.1) is 12.7 Å². The Morgan fingerprint density at radius 2 is 1.89 bits per heavy atom. The largest absolute Gasteiger partial charge is 0.319 e. The first-order chi connectivity index (χ1) is 8.72. The summed E-state index contributed by atoms with van der Waals surface area (Å²) in [5.41, 5.74) is 2.99. The SMILES string of the molecule is CNCC(c1ccncc1)c1ccc(F)c(C)c1. The molecular formula is C15H17FN2. The third-order valence-corrected chi connectivity index (χ3v) is 3.10. The second-order valence-corrected chi connectivity index (χ2v) is 4.40. The quantitative estimate of drug-likeness (QED) is 0.894. The minimum Gasteiger partial charge on any atom is -0.319 e. The topological polar surface area (TPSA) is 24.9 Å². The van der Waals surface area contributed by atoms with E-state index in [0.29, 0.717) is 5.56 Å². The third kappa shape index (κ3) is 2.74. The average Bonchev–Trinajstić information content (AvgIpc) is 2.40. The van der Waals surface area contributed by atoms with Crippen LogP contribution in [0.4, 0.5) is 4.39 Å². The van der Waals surface area contributed by atoms with Crippen molar-refractivity contribution in [2.45, 2.75) is 12.8 Å². The van der Waals surface area contributed by atoms with Crippen molar-refractivity contribution in [3.8, 4) is 0 Å². The van der Waals surface area contributed by atoms with Crippen LogP contribution in [0.1, 0.15) is 22.6 Å². The van der Waals surface area contributed by atoms with Crippen molar-refractivity contribution in [3.05, 3.63) is 65.2 Å². The summed E-state index contributed by atoms with van der Waals surface area (Å²) in [7, 11) is 1.92. The smallest absolute Gasteiger partial charge is 0.126 e. The highest BCUT2D eigenvalue weighted by Crippen LogP contribution is 2.25. The van der Waals surface area contributed by atoms with Gasteiger partial charge in [0.05, 0.1) is 0 Å². The summed E-state index contributed by atoms with van der Waals surface area (Å²) < 4.78 is 13.3. The minimum absolute atomic E-state index is 0.156. The van der Waals surface area contributed by atoms with Gasteiger partial charge in [-0.2, -0.15) is 0 Å². The van der Waals surface area contributed by atoms with Crippen molar-refractivity contribution < 1.29 is 4.39 Å². The molecule has 1 heterocycles. The Morgan fingerprint density at radius 1 is 1.17 bits per heavy atom. The van der Waals surface area contributed by atoms with Crippen LogP contribution in [-0.2, 0) is 0 Å². The normalized spacial score (nSPS) is 12.4. The van der Waals surface area contributed by atoms with Gasteiger partial charge in [-0.25, -0.2) is 4.39 Å². The number of pyridine rings is 1. The fraction of sp³-hybridized carbons (Fsp3) is 0.267. The molecule has 1 N–H and O–H groups in total. The Hall–Kier alpha value is -1.74. The van der Waals surface area contributed by atoms with Gasteiger partial charge in [0.1, 0.15) is 5.82 Å². The van der Waals surface area contributed by atoms with Gasteiger partial charge >= 0.3 is 0 Å². The molecule has 2 rings (SSSR count). The molecule has 1 aromatic carbocycles. The first kappa shape index (κ1) is 12.7. The standard InChI is InChI=1S/C15H17FN2/c1-11-9-13(3-4-15(11)16)14(10-17-2)12-5-7-18-8-6-12/h3-9,14,17H,10H2,1-2H3. The van der Waals surface area contributed by atoms with Crippen LogP contribution >= 0.6 is 0 Å². The van der Waals surface area contributed by atoms with Gasteiger partial charge in [-0.1, -0.05) is 12.1 Å². The summed E-state index contributed by atoms with van der Waals surface area (Å²) in [4.78, 5) is 4.03. The maximum Gasteiger partial charge on any atom is 0.126 e. The molecule has 0 amide bonds. The molecule has 1 unspecified atom stereocenters. The molecule has 0 fully saturated rings. The van der Waals surface area contributed by atoms with E-state index in [0.717, 1.165) is 12.1 Å². The van der Waals surface area contributed by atoms with Crippen molar-refractivity contribution in [1.82, 2.24) is 10.3 Å². The van der Waals surface area contributed by atoms with Gasteiger partial charge in [0.2, 0.25) is 0 Å². The van der Waals surface area contributed by atoms with E-state index in [4.69, 9.17) is 0 Å². The molecule has 2 aromatic rings. The summed E-state index contributed by atoms with van der Waals surface area (Å²) in [6, 6.07) is 9.30. The molecule has 0 aliphatic carbocycles. The first-order valence-corrected chi connectivity index (χ1v) is 6.03. The van der Waals surface area contributed by atoms with Crippen LogP contribution in [-0.4, -0.2) is 18.6 Å². The van der Waals surface area contributed by atoms with Gasteiger partial charge in [-0.3, -0.25) is 4.98 Å². The summed E-state index contributed by atoms with van der Waals surface area (Å²) >= 11 is 0. The van der Waals surface area contributed by atoms with Crippen LogP contribution in [0.15, 0.2) is 42.7 Å². The maximum atomic E-state index is 13.3. The molecule has 3 heteroatoms. The number of nitrogens with zero attached hydrogens (tertiary/aromatic N) is 1. The third-order valence-electron chi connectivity index (χ3n) is 3.10. The highest BCUT2D eigenvalue weighted by Gasteiger charge is 2.14. The molecule has 0 aliphatic rings. The van der Waals surface area contributed by atoms with Gasteiger partial charge < -0.3 is 5.32 Å². The number of likely N-dealkylation sites (N-methyl/N-ethyl adjacent to an activating group) is 1. The molecule has 18 heavy (non-hydrogen) atoms. The number of rotatable bonds is 4. The van der Waals surface area contributed by atoms with E-state index in [2.05, 4.69) is 10.3 Å². The van der Waals surface area contributed by atoms with Crippen LogP contribution in [0.2, 0.25) is 0 Å². The Bertz CT molecular complexity index is 511. The Labute approximate surface area is 107 Å². The summed E-state index contributed by atoms with van der Waals surface area (Å²) in [5, 5.41) is 3.18. The zero-order valence-corrected chi connectivity index (χ0v) is 10.7. The van der Waals surface area contributed by atoms with Gasteiger partial charge in [-0.15, -0.1) is 0 Å². The van der Waals surface area contributed by atoms with Crippen LogP contribution in [0.3, 0.4) is 0 Å². The summed E-state index contributed by atoms with van der Waals surface area (Å²) in [6.07, 6.45) is 3.57. The fourth-order valence-electron chi connectivity index (χ4n) is 2.11. The van der Waals surface area contributed by atoms with Gasteiger partial charge in [0.25, 0.3) is 0 Å². The number of benzene rings is 1. The van der Waals surface area contributed by atoms with Crippen molar-refractivity contribution >= 4 is 0 Å². The molecule has 2 nitrogen and oxygen atoms in total. The summed E-state index contributed by atoms with van der Waals surface area (Å²) in [5.74, 6) is 0.0639. The lowest BCUT2D eigenvalue weighted by Crippen LogP contribution is -2.18. The lowest BCUT2D eigenvalue weighted by Gasteiger charge is -2.18. The summed E-state index contributed by atoms with van der Waals surface area (Å²) in [6.45, 7) is 2.61. The van der Waals surface area contributed by atoms with Gasteiger partial charge in [0, 0.05) is 24.9 Å². The minimum atomic E-state index is -0.156. The van der Waals surface area contributed by atoms with E-state index < -0.39 is 0 Å². The Balaban J connectivity index is 2.38. The van der Waals surface area contributed by atoms with E-state index in [9.17, 15) is 4.39 Å². The van der Waals surface area contributed by atoms with E-state index in [1.165, 1.54) is 11.6 Å². The molecular weight excluding hydrogens is 227 g/mol. The number of hydrogen-bond acceptors (Lipinski definition) is 2. The van der Waals surface area contributed by atoms with Crippen molar-refractivity contribution in [2.24, 2.45) is 0 Å². The zero-order chi connectivity index (χ0) is 13.0. The van der Waals surface area contributed by atoms with Crippen LogP contribution in [0.25, 0.3) is 0 Å².